The molecule has 3 aromatic rings. The first-order valence-corrected chi connectivity index (χ1v) is 12.0. The number of alkyl halides is 1. The van der Waals surface area contributed by atoms with Gasteiger partial charge in [-0.25, -0.2) is 9.37 Å². The molecule has 0 fully saturated rings. The topological polar surface area (TPSA) is 53.1 Å². The number of nitrogens with zero attached hydrogens (tertiary/aromatic N) is 2. The number of ether oxygens (including phenoxy) is 4. The van der Waals surface area contributed by atoms with Crippen LogP contribution in [0.1, 0.15) is 16.1 Å². The summed E-state index contributed by atoms with van der Waals surface area (Å²) in [5.41, 5.74) is 4.17. The molecule has 9 heteroatoms. The minimum atomic E-state index is -0.457. The van der Waals surface area contributed by atoms with Gasteiger partial charge in [-0.15, -0.1) is 11.3 Å². The number of aromatic nitrogens is 1. The summed E-state index contributed by atoms with van der Waals surface area (Å²) in [6.45, 7) is 3.07. The van der Waals surface area contributed by atoms with Gasteiger partial charge in [0.05, 0.1) is 35.0 Å². The highest BCUT2D eigenvalue weighted by molar-refractivity contribution is 9.10. The third-order valence-electron chi connectivity index (χ3n) is 4.92. The maximum atomic E-state index is 12.2. The van der Waals surface area contributed by atoms with E-state index in [0.717, 1.165) is 36.5 Å². The lowest BCUT2D eigenvalue weighted by Gasteiger charge is -2.21. The number of rotatable bonds is 12. The Morgan fingerprint density at radius 1 is 1.15 bits per heavy atom. The van der Waals surface area contributed by atoms with Crippen LogP contribution in [0.5, 0.6) is 11.5 Å². The summed E-state index contributed by atoms with van der Waals surface area (Å²) >= 11 is 5.17. The molecule has 2 aromatic carbocycles. The van der Waals surface area contributed by atoms with E-state index in [1.54, 1.807) is 25.6 Å². The molecule has 3 rings (SSSR count). The van der Waals surface area contributed by atoms with Gasteiger partial charge in [0.1, 0.15) is 11.7 Å². The second kappa shape index (κ2) is 12.3. The van der Waals surface area contributed by atoms with Crippen molar-refractivity contribution in [2.24, 2.45) is 0 Å². The normalized spacial score (nSPS) is 11.5. The number of aryl methyl sites for hydroxylation is 1. The van der Waals surface area contributed by atoms with E-state index in [1.807, 2.05) is 31.3 Å². The summed E-state index contributed by atoms with van der Waals surface area (Å²) in [5.74, 6) is 1.21. The Hall–Kier alpha value is -2.20. The summed E-state index contributed by atoms with van der Waals surface area (Å²) in [6, 6.07) is 8.11. The van der Waals surface area contributed by atoms with E-state index in [1.165, 1.54) is 0 Å². The number of benzene rings is 2. The van der Waals surface area contributed by atoms with Gasteiger partial charge in [0, 0.05) is 26.4 Å². The van der Waals surface area contributed by atoms with Gasteiger partial charge < -0.3 is 23.8 Å². The molecule has 0 spiro atoms. The SMILES string of the molecule is COCOc1c(Br)cc(/C=C/c2nc3cc(C)c(N(C)CCOCCF)cc3s2)cc1OC. The molecule has 1 aromatic heterocycles. The van der Waals surface area contributed by atoms with E-state index in [9.17, 15) is 4.39 Å². The maximum absolute atomic E-state index is 12.2. The smallest absolute Gasteiger partial charge is 0.188 e. The molecular weight excluding hydrogens is 511 g/mol. The fraction of sp³-hybridized carbons (Fsp3) is 0.375. The average molecular weight is 539 g/mol. The monoisotopic (exact) mass is 538 g/mol. The largest absolute Gasteiger partial charge is 0.493 e. The number of methoxy groups -OCH3 is 2. The Balaban J connectivity index is 1.79. The molecule has 0 saturated carbocycles. The van der Waals surface area contributed by atoms with Crippen molar-refractivity contribution in [2.45, 2.75) is 6.92 Å². The Morgan fingerprint density at radius 2 is 1.97 bits per heavy atom. The number of halogens is 2. The van der Waals surface area contributed by atoms with Crippen molar-refractivity contribution in [3.05, 3.63) is 44.9 Å². The lowest BCUT2D eigenvalue weighted by atomic mass is 10.1. The number of thiazole rings is 1. The summed E-state index contributed by atoms with van der Waals surface area (Å²) in [5, 5.41) is 0.908. The molecule has 1 heterocycles. The second-order valence-corrected chi connectivity index (χ2v) is 9.22. The van der Waals surface area contributed by atoms with E-state index in [2.05, 4.69) is 39.9 Å². The summed E-state index contributed by atoms with van der Waals surface area (Å²) < 4.78 is 35.4. The van der Waals surface area contributed by atoms with Gasteiger partial charge >= 0.3 is 0 Å². The van der Waals surface area contributed by atoms with Crippen LogP contribution in [0, 0.1) is 6.92 Å². The number of fused-ring (bicyclic) bond motifs is 1. The van der Waals surface area contributed by atoms with Crippen molar-refractivity contribution in [1.29, 1.82) is 0 Å². The molecule has 33 heavy (non-hydrogen) atoms. The van der Waals surface area contributed by atoms with Gasteiger partial charge in [-0.1, -0.05) is 6.08 Å². The van der Waals surface area contributed by atoms with Crippen molar-refractivity contribution in [2.75, 3.05) is 59.4 Å². The highest BCUT2D eigenvalue weighted by atomic mass is 79.9. The van der Waals surface area contributed by atoms with Crippen molar-refractivity contribution >= 4 is 55.3 Å². The molecule has 0 unspecified atom stereocenters. The van der Waals surface area contributed by atoms with Crippen LogP contribution in [0.3, 0.4) is 0 Å². The fourth-order valence-corrected chi connectivity index (χ4v) is 4.77. The molecular formula is C24H28BrFN2O4S. The van der Waals surface area contributed by atoms with Crippen LogP contribution in [0.2, 0.25) is 0 Å². The zero-order valence-electron chi connectivity index (χ0n) is 19.2. The molecule has 0 aliphatic carbocycles. The summed E-state index contributed by atoms with van der Waals surface area (Å²) in [4.78, 5) is 6.89. The molecule has 178 valence electrons. The van der Waals surface area contributed by atoms with Crippen molar-refractivity contribution < 1.29 is 23.3 Å². The zero-order valence-corrected chi connectivity index (χ0v) is 21.6. The summed E-state index contributed by atoms with van der Waals surface area (Å²) in [6.07, 6.45) is 3.98. The van der Waals surface area contributed by atoms with E-state index >= 15 is 0 Å². The molecule has 0 radical (unpaired) electrons. The quantitative estimate of drug-likeness (QED) is 0.210. The third kappa shape index (κ3) is 6.66. The molecule has 0 N–H and O–H groups in total. The molecule has 6 nitrogen and oxygen atoms in total. The number of likely N-dealkylation sites (N-methyl/N-ethyl adjacent to an activating group) is 1. The average Bonchev–Trinajstić information content (AvgIpc) is 3.20. The van der Waals surface area contributed by atoms with Crippen LogP contribution in [0.15, 0.2) is 28.7 Å². The first-order chi connectivity index (χ1) is 16.0. The molecule has 0 atom stereocenters. The van der Waals surface area contributed by atoms with Gasteiger partial charge in [-0.3, -0.25) is 0 Å². The Morgan fingerprint density at radius 3 is 2.70 bits per heavy atom. The van der Waals surface area contributed by atoms with Gasteiger partial charge in [0.2, 0.25) is 0 Å². The lowest BCUT2D eigenvalue weighted by Crippen LogP contribution is -2.23. The van der Waals surface area contributed by atoms with Crippen molar-refractivity contribution in [3.8, 4) is 11.5 Å². The predicted molar refractivity (Wildman–Crippen MR) is 137 cm³/mol. The first kappa shape index (κ1) is 25.4. The minimum absolute atomic E-state index is 0.136. The maximum Gasteiger partial charge on any atom is 0.188 e. The standard InChI is InChI=1S/C24H28BrFN2O4S/c1-16-11-19-22(14-20(16)28(2)8-10-31-9-7-26)33-23(27-19)6-5-17-12-18(25)24(32-15-29-3)21(13-17)30-4/h5-6,11-14H,7-10,15H2,1-4H3/b6-5+. The molecule has 0 bridgehead atoms. The number of hydrogen-bond acceptors (Lipinski definition) is 7. The van der Waals surface area contributed by atoms with E-state index in [0.29, 0.717) is 24.7 Å². The van der Waals surface area contributed by atoms with Gasteiger partial charge in [0.15, 0.2) is 18.3 Å². The zero-order chi connectivity index (χ0) is 23.8. The van der Waals surface area contributed by atoms with E-state index in [-0.39, 0.29) is 13.4 Å². The van der Waals surface area contributed by atoms with Crippen LogP contribution >= 0.6 is 27.3 Å². The molecule has 0 aliphatic rings. The number of anilines is 1. The third-order valence-corrected chi connectivity index (χ3v) is 6.49. The van der Waals surface area contributed by atoms with Crippen molar-refractivity contribution in [1.82, 2.24) is 4.98 Å². The second-order valence-electron chi connectivity index (χ2n) is 7.30. The van der Waals surface area contributed by atoms with Crippen molar-refractivity contribution in [3.63, 3.8) is 0 Å². The first-order valence-electron chi connectivity index (χ1n) is 10.4. The molecule has 0 aliphatic heterocycles. The van der Waals surface area contributed by atoms with Gasteiger partial charge in [0.25, 0.3) is 0 Å². The Bertz CT molecular complexity index is 1110. The minimum Gasteiger partial charge on any atom is -0.493 e. The van der Waals surface area contributed by atoms with Gasteiger partial charge in [-0.2, -0.15) is 0 Å². The molecule has 0 amide bonds. The highest BCUT2D eigenvalue weighted by Crippen LogP contribution is 2.37. The van der Waals surface area contributed by atoms with E-state index < -0.39 is 6.67 Å². The van der Waals surface area contributed by atoms with Crippen LogP contribution in [0.4, 0.5) is 10.1 Å². The lowest BCUT2D eigenvalue weighted by molar-refractivity contribution is 0.0486. The van der Waals surface area contributed by atoms with E-state index in [4.69, 9.17) is 23.9 Å². The Labute approximate surface area is 206 Å². The van der Waals surface area contributed by atoms with Crippen LogP contribution < -0.4 is 14.4 Å². The summed E-state index contributed by atoms with van der Waals surface area (Å²) in [7, 11) is 5.19. The van der Waals surface area contributed by atoms with Crippen LogP contribution in [0.25, 0.3) is 22.4 Å². The van der Waals surface area contributed by atoms with Crippen LogP contribution in [-0.4, -0.2) is 59.5 Å². The molecule has 0 saturated heterocycles. The fourth-order valence-electron chi connectivity index (χ4n) is 3.31. The highest BCUT2D eigenvalue weighted by Gasteiger charge is 2.12. The predicted octanol–water partition coefficient (Wildman–Crippen LogP) is 5.95. The van der Waals surface area contributed by atoms with Gasteiger partial charge in [-0.05, 0) is 64.3 Å². The van der Waals surface area contributed by atoms with Crippen LogP contribution in [-0.2, 0) is 9.47 Å². The number of hydrogen-bond donors (Lipinski definition) is 0. The Kier molecular flexibility index (Phi) is 9.49.